The van der Waals surface area contributed by atoms with Crippen molar-refractivity contribution >= 4 is 12.9 Å². The highest BCUT2D eigenvalue weighted by Crippen LogP contribution is 2.49. The van der Waals surface area contributed by atoms with Gasteiger partial charge in [-0.25, -0.2) is 4.57 Å². The second kappa shape index (κ2) is 15.3. The Kier molecular flexibility index (Phi) is 13.5. The lowest BCUT2D eigenvalue weighted by Crippen LogP contribution is -2.30. The zero-order valence-electron chi connectivity index (χ0n) is 30.9. The van der Waals surface area contributed by atoms with Crippen LogP contribution in [0.2, 0.25) is 0 Å². The van der Waals surface area contributed by atoms with Gasteiger partial charge in [-0.3, -0.25) is 0 Å². The molecule has 44 heavy (non-hydrogen) atoms. The Morgan fingerprint density at radius 3 is 1.57 bits per heavy atom. The molecule has 2 aromatic carbocycles. The van der Waals surface area contributed by atoms with E-state index in [1.54, 1.807) is 0 Å². The van der Waals surface area contributed by atoms with Crippen LogP contribution in [-0.4, -0.2) is 4.89 Å². The molecule has 2 aromatic rings. The molecule has 0 amide bonds. The van der Waals surface area contributed by atoms with Crippen molar-refractivity contribution in [2.24, 2.45) is 0 Å². The van der Waals surface area contributed by atoms with Gasteiger partial charge in [0.05, 0.1) is 5.30 Å². The molecule has 0 fully saturated rings. The average molecular weight is 627 g/mol. The zero-order valence-corrected chi connectivity index (χ0v) is 31.8. The van der Waals surface area contributed by atoms with Crippen LogP contribution in [-0.2, 0) is 32.6 Å². The third kappa shape index (κ3) is 11.0. The van der Waals surface area contributed by atoms with Crippen LogP contribution in [0.15, 0.2) is 30.3 Å². The first-order valence-electron chi connectivity index (χ1n) is 17.5. The molecule has 250 valence electrons. The highest BCUT2D eigenvalue weighted by molar-refractivity contribution is 7.61. The monoisotopic (exact) mass is 626 g/mol. The zero-order chi connectivity index (χ0) is 33.6. The second-order valence-electron chi connectivity index (χ2n) is 17.2. The molecular formula is C40H67O3P. The maximum absolute atomic E-state index is 14.4. The fourth-order valence-corrected chi connectivity index (χ4v) is 7.84. The van der Waals surface area contributed by atoms with Gasteiger partial charge in [0.15, 0.2) is 0 Å². The molecule has 0 radical (unpaired) electrons. The van der Waals surface area contributed by atoms with E-state index in [-0.39, 0.29) is 21.7 Å². The highest BCUT2D eigenvalue weighted by Gasteiger charge is 2.37. The quantitative estimate of drug-likeness (QED) is 0.168. The molecule has 0 aliphatic heterocycles. The summed E-state index contributed by atoms with van der Waals surface area (Å²) >= 11 is 0. The summed E-state index contributed by atoms with van der Waals surface area (Å²) < 4.78 is 20.6. The summed E-state index contributed by atoms with van der Waals surface area (Å²) in [6, 6.07) is 10.1. The molecule has 0 heterocycles. The Hall–Kier alpha value is -1.57. The lowest BCUT2D eigenvalue weighted by Gasteiger charge is -2.34. The third-order valence-corrected chi connectivity index (χ3v) is 10.2. The maximum Gasteiger partial charge on any atom is 0.408 e. The van der Waals surface area contributed by atoms with Crippen molar-refractivity contribution in [3.05, 3.63) is 58.1 Å². The van der Waals surface area contributed by atoms with Crippen LogP contribution in [0, 0.1) is 0 Å². The largest absolute Gasteiger partial charge is 0.421 e. The SMILES string of the molecule is CCCCCCCCCCCCc1c(C(C)(C)C)ccc(P(=O)(O)Oc2ccc(C(C)(C)C)cc2C(C)(C)C)c1C(C)(C)C. The molecule has 3 nitrogen and oxygen atoms in total. The summed E-state index contributed by atoms with van der Waals surface area (Å²) in [5.41, 5.74) is 4.94. The highest BCUT2D eigenvalue weighted by atomic mass is 31.2. The standard InChI is InChI=1S/C40H67O3P/c1-14-15-16-17-18-19-20-21-22-23-24-31-32(38(5,6)7)26-28-35(36(31)40(11,12)13)44(41,42)43-34-27-25-30(37(2,3)4)29-33(34)39(8,9)10/h25-29H,14-24H2,1-13H3,(H,41,42). The Morgan fingerprint density at radius 1 is 0.614 bits per heavy atom. The van der Waals surface area contributed by atoms with Gasteiger partial charge in [0, 0.05) is 5.56 Å². The molecule has 0 saturated carbocycles. The van der Waals surface area contributed by atoms with Gasteiger partial charge in [0.25, 0.3) is 0 Å². The van der Waals surface area contributed by atoms with E-state index in [9.17, 15) is 9.46 Å². The predicted molar refractivity (Wildman–Crippen MR) is 193 cm³/mol. The van der Waals surface area contributed by atoms with Crippen molar-refractivity contribution in [3.8, 4) is 5.75 Å². The van der Waals surface area contributed by atoms with Crippen LogP contribution in [0.1, 0.15) is 182 Å². The summed E-state index contributed by atoms with van der Waals surface area (Å²) in [4.78, 5) is 11.8. The Bertz CT molecular complexity index is 1250. The first kappa shape index (κ1) is 38.6. The normalized spacial score (nSPS) is 14.5. The van der Waals surface area contributed by atoms with Crippen LogP contribution in [0.3, 0.4) is 0 Å². The number of hydrogen-bond acceptors (Lipinski definition) is 2. The molecule has 0 aromatic heterocycles. The van der Waals surface area contributed by atoms with E-state index in [1.807, 2.05) is 18.2 Å². The fraction of sp³-hybridized carbons (Fsp3) is 0.700. The summed E-state index contributed by atoms with van der Waals surface area (Å²) in [5.74, 6) is 0.493. The van der Waals surface area contributed by atoms with Gasteiger partial charge < -0.3 is 9.42 Å². The first-order chi connectivity index (χ1) is 20.1. The van der Waals surface area contributed by atoms with Crippen LogP contribution in [0.5, 0.6) is 5.75 Å². The summed E-state index contributed by atoms with van der Waals surface area (Å²) in [6.07, 6.45) is 13.8. The second-order valence-corrected chi connectivity index (χ2v) is 18.9. The van der Waals surface area contributed by atoms with Crippen molar-refractivity contribution in [2.75, 3.05) is 0 Å². The number of hydrogen-bond donors (Lipinski definition) is 1. The topological polar surface area (TPSA) is 46.5 Å². The van der Waals surface area contributed by atoms with Gasteiger partial charge in [-0.15, -0.1) is 0 Å². The molecule has 2 rings (SSSR count). The summed E-state index contributed by atoms with van der Waals surface area (Å²) in [5, 5.41) is 0.444. The van der Waals surface area contributed by atoms with E-state index in [4.69, 9.17) is 4.52 Å². The third-order valence-electron chi connectivity index (χ3n) is 8.81. The molecule has 0 bridgehead atoms. The van der Waals surface area contributed by atoms with Crippen molar-refractivity contribution in [3.63, 3.8) is 0 Å². The predicted octanol–water partition coefficient (Wildman–Crippen LogP) is 12.2. The van der Waals surface area contributed by atoms with E-state index in [2.05, 4.69) is 102 Å². The van der Waals surface area contributed by atoms with E-state index >= 15 is 0 Å². The smallest absolute Gasteiger partial charge is 0.408 e. The molecule has 0 aliphatic carbocycles. The first-order valence-corrected chi connectivity index (χ1v) is 19.0. The molecule has 1 N–H and O–H groups in total. The van der Waals surface area contributed by atoms with Gasteiger partial charge in [0.2, 0.25) is 0 Å². The number of unbranched alkanes of at least 4 members (excludes halogenated alkanes) is 9. The molecule has 1 unspecified atom stereocenters. The molecule has 1 atom stereocenters. The number of rotatable bonds is 14. The van der Waals surface area contributed by atoms with Crippen LogP contribution in [0.4, 0.5) is 0 Å². The van der Waals surface area contributed by atoms with Gasteiger partial charge in [-0.1, -0.05) is 166 Å². The summed E-state index contributed by atoms with van der Waals surface area (Å²) in [7, 11) is -4.22. The van der Waals surface area contributed by atoms with E-state index in [0.717, 1.165) is 24.0 Å². The van der Waals surface area contributed by atoms with Crippen molar-refractivity contribution in [2.45, 2.75) is 182 Å². The van der Waals surface area contributed by atoms with Crippen molar-refractivity contribution in [1.29, 1.82) is 0 Å². The van der Waals surface area contributed by atoms with Crippen LogP contribution < -0.4 is 9.83 Å². The molecule has 0 aliphatic rings. The fourth-order valence-electron chi connectivity index (χ4n) is 6.30. The lowest BCUT2D eigenvalue weighted by atomic mass is 9.75. The Balaban J connectivity index is 2.46. The summed E-state index contributed by atoms with van der Waals surface area (Å²) in [6.45, 7) is 28.5. The van der Waals surface area contributed by atoms with Crippen molar-refractivity contribution < 1.29 is 14.0 Å². The van der Waals surface area contributed by atoms with Crippen LogP contribution >= 0.6 is 7.60 Å². The van der Waals surface area contributed by atoms with Gasteiger partial charge in [-0.05, 0) is 68.9 Å². The minimum atomic E-state index is -4.22. The number of benzene rings is 2. The van der Waals surface area contributed by atoms with E-state index in [0.29, 0.717) is 11.1 Å². The Morgan fingerprint density at radius 2 is 1.11 bits per heavy atom. The molecule has 4 heteroatoms. The van der Waals surface area contributed by atoms with Gasteiger partial charge in [0.1, 0.15) is 5.75 Å². The van der Waals surface area contributed by atoms with Crippen LogP contribution in [0.25, 0.3) is 0 Å². The van der Waals surface area contributed by atoms with Gasteiger partial charge >= 0.3 is 7.60 Å². The minimum absolute atomic E-state index is 0.0346. The van der Waals surface area contributed by atoms with E-state index < -0.39 is 7.60 Å². The van der Waals surface area contributed by atoms with Gasteiger partial charge in [-0.2, -0.15) is 0 Å². The minimum Gasteiger partial charge on any atom is -0.421 e. The van der Waals surface area contributed by atoms with E-state index in [1.165, 1.54) is 74.5 Å². The molecular weight excluding hydrogens is 559 g/mol. The maximum atomic E-state index is 14.4. The lowest BCUT2D eigenvalue weighted by molar-refractivity contribution is 0.386. The molecule has 0 spiro atoms. The average Bonchev–Trinajstić information content (AvgIpc) is 2.86. The van der Waals surface area contributed by atoms with Crippen molar-refractivity contribution in [1.82, 2.24) is 0 Å². The molecule has 0 saturated heterocycles. The Labute approximate surface area is 272 Å².